The van der Waals surface area contributed by atoms with Gasteiger partial charge < -0.3 is 15.0 Å². The molecule has 3 saturated carbocycles. The number of hydrogen-bond donors (Lipinski definition) is 1. The van der Waals surface area contributed by atoms with Crippen LogP contribution in [0.5, 0.6) is 5.75 Å². The molecule has 1 N–H and O–H groups in total. The van der Waals surface area contributed by atoms with E-state index >= 15 is 0 Å². The maximum atomic E-state index is 13.0. The predicted octanol–water partition coefficient (Wildman–Crippen LogP) is 4.67. The molecule has 0 bridgehead atoms. The molecule has 0 saturated heterocycles. The van der Waals surface area contributed by atoms with E-state index in [1.807, 2.05) is 18.0 Å². The fraction of sp³-hybridized carbons (Fsp3) is 0.667. The minimum Gasteiger partial charge on any atom is -0.493 e. The summed E-state index contributed by atoms with van der Waals surface area (Å²) in [7, 11) is 3.57. The normalized spacial score (nSPS) is 39.5. The van der Waals surface area contributed by atoms with Crippen molar-refractivity contribution < 1.29 is 14.3 Å². The van der Waals surface area contributed by atoms with Crippen LogP contribution in [-0.2, 0) is 9.59 Å². The van der Waals surface area contributed by atoms with Gasteiger partial charge in [-0.2, -0.15) is 0 Å². The minimum atomic E-state index is 0.0690. The fourth-order valence-electron chi connectivity index (χ4n) is 8.25. The Balaban J connectivity index is 1.31. The lowest BCUT2D eigenvalue weighted by Gasteiger charge is -2.60. The maximum absolute atomic E-state index is 13.0. The Morgan fingerprint density at radius 2 is 2.03 bits per heavy atom. The molecule has 0 unspecified atom stereocenters. The first-order chi connectivity index (χ1) is 15.8. The number of ether oxygens (including phenoxy) is 1. The molecule has 1 aromatic heterocycles. The number of pyridine rings is 1. The van der Waals surface area contributed by atoms with Crippen LogP contribution in [0.3, 0.4) is 0 Å². The summed E-state index contributed by atoms with van der Waals surface area (Å²) in [6.45, 7) is 4.84. The van der Waals surface area contributed by atoms with E-state index in [0.29, 0.717) is 47.6 Å². The van der Waals surface area contributed by atoms with Gasteiger partial charge in [-0.15, -0.1) is 0 Å². The highest BCUT2D eigenvalue weighted by Gasteiger charge is 2.60. The molecule has 5 rings (SSSR count). The van der Waals surface area contributed by atoms with Crippen LogP contribution in [0.15, 0.2) is 30.6 Å². The number of hydrogen-bond acceptors (Lipinski definition) is 4. The third-order valence-electron chi connectivity index (χ3n) is 10.0. The van der Waals surface area contributed by atoms with Gasteiger partial charge in [0, 0.05) is 31.1 Å². The standard InChI is InChI=1S/C27H37N3O3/c1-26-12-9-20-18(6-8-23-27(20,2)13-10-25(32)30(23)3)19(26)7-5-17(26)15-24(31)29-21-11-14-28-16-22(21)33-4/h10-11,13-14,16-20,23H,5-9,12,15H2,1-4H3,(H,28,29,31)/t17-,18-,19-,20-,23+,26+,27+/m0/s1. The molecule has 0 aromatic carbocycles. The number of nitrogens with zero attached hydrogens (tertiary/aromatic N) is 2. The number of likely N-dealkylation sites (N-methyl/N-ethyl adjacent to an activating group) is 1. The summed E-state index contributed by atoms with van der Waals surface area (Å²) >= 11 is 0. The topological polar surface area (TPSA) is 71.5 Å². The number of amides is 2. The number of nitrogens with one attached hydrogen (secondary N) is 1. The van der Waals surface area contributed by atoms with Crippen LogP contribution in [0.4, 0.5) is 5.69 Å². The van der Waals surface area contributed by atoms with Crippen molar-refractivity contribution in [3.63, 3.8) is 0 Å². The summed E-state index contributed by atoms with van der Waals surface area (Å²) in [4.78, 5) is 31.4. The Labute approximate surface area is 197 Å². The monoisotopic (exact) mass is 451 g/mol. The zero-order valence-electron chi connectivity index (χ0n) is 20.3. The van der Waals surface area contributed by atoms with Gasteiger partial charge in [0.05, 0.1) is 19.0 Å². The van der Waals surface area contributed by atoms with Gasteiger partial charge in [0.15, 0.2) is 5.75 Å². The first kappa shape index (κ1) is 22.4. The molecular formula is C27H37N3O3. The van der Waals surface area contributed by atoms with Crippen molar-refractivity contribution >= 4 is 17.5 Å². The van der Waals surface area contributed by atoms with Crippen molar-refractivity contribution in [2.24, 2.45) is 34.5 Å². The molecule has 6 nitrogen and oxygen atoms in total. The second-order valence-electron chi connectivity index (χ2n) is 11.3. The smallest absolute Gasteiger partial charge is 0.246 e. The van der Waals surface area contributed by atoms with Gasteiger partial charge in [-0.05, 0) is 79.8 Å². The van der Waals surface area contributed by atoms with Gasteiger partial charge in [-0.25, -0.2) is 0 Å². The lowest BCUT2D eigenvalue weighted by molar-refractivity contribution is -0.139. The molecule has 0 spiro atoms. The molecule has 3 aliphatic carbocycles. The SMILES string of the molecule is COc1cnccc1NC(=O)C[C@@H]1CC[C@H]2[C@@H]3CC[C@H]4N(C)C(=O)C=C[C@]4(C)[C@H]3CC[C@]12C. The van der Waals surface area contributed by atoms with E-state index in [2.05, 4.69) is 30.2 Å². The first-order valence-electron chi connectivity index (χ1n) is 12.5. The molecule has 2 amide bonds. The second-order valence-corrected chi connectivity index (χ2v) is 11.3. The molecule has 6 heteroatoms. The lowest BCUT2D eigenvalue weighted by Crippen LogP contribution is -2.59. The van der Waals surface area contributed by atoms with Crippen LogP contribution in [0.25, 0.3) is 0 Å². The van der Waals surface area contributed by atoms with E-state index in [9.17, 15) is 9.59 Å². The van der Waals surface area contributed by atoms with E-state index in [-0.39, 0.29) is 22.6 Å². The Morgan fingerprint density at radius 3 is 2.82 bits per heavy atom. The molecule has 7 atom stereocenters. The Hall–Kier alpha value is -2.37. The van der Waals surface area contributed by atoms with Crippen molar-refractivity contribution in [2.75, 3.05) is 19.5 Å². The van der Waals surface area contributed by atoms with Crippen LogP contribution in [0.2, 0.25) is 0 Å². The van der Waals surface area contributed by atoms with E-state index in [4.69, 9.17) is 4.74 Å². The maximum Gasteiger partial charge on any atom is 0.246 e. The average Bonchev–Trinajstić information content (AvgIpc) is 3.13. The molecule has 4 aliphatic rings. The quantitative estimate of drug-likeness (QED) is 0.722. The second kappa shape index (κ2) is 8.14. The summed E-state index contributed by atoms with van der Waals surface area (Å²) in [5, 5.41) is 3.06. The largest absolute Gasteiger partial charge is 0.493 e. The zero-order chi connectivity index (χ0) is 23.4. The van der Waals surface area contributed by atoms with E-state index in [1.54, 1.807) is 25.6 Å². The van der Waals surface area contributed by atoms with Gasteiger partial charge in [0.2, 0.25) is 11.8 Å². The summed E-state index contributed by atoms with van der Waals surface area (Å²) in [6, 6.07) is 2.11. The highest BCUT2D eigenvalue weighted by molar-refractivity contribution is 5.92. The minimum absolute atomic E-state index is 0.0690. The van der Waals surface area contributed by atoms with Gasteiger partial charge in [0.1, 0.15) is 0 Å². The number of fused-ring (bicyclic) bond motifs is 5. The van der Waals surface area contributed by atoms with Crippen LogP contribution in [-0.4, -0.2) is 41.9 Å². The molecular weight excluding hydrogens is 414 g/mol. The van der Waals surface area contributed by atoms with E-state index < -0.39 is 0 Å². The number of aromatic nitrogens is 1. The Bertz CT molecular complexity index is 977. The molecule has 3 fully saturated rings. The summed E-state index contributed by atoms with van der Waals surface area (Å²) in [5.41, 5.74) is 0.972. The van der Waals surface area contributed by atoms with Crippen LogP contribution >= 0.6 is 0 Å². The molecule has 2 heterocycles. The number of anilines is 1. The predicted molar refractivity (Wildman–Crippen MR) is 128 cm³/mol. The third kappa shape index (κ3) is 3.48. The molecule has 178 valence electrons. The summed E-state index contributed by atoms with van der Waals surface area (Å²) in [6.07, 6.45) is 14.9. The van der Waals surface area contributed by atoms with Crippen molar-refractivity contribution in [2.45, 2.75) is 64.8 Å². The molecule has 0 radical (unpaired) electrons. The number of rotatable bonds is 4. The van der Waals surface area contributed by atoms with Gasteiger partial charge in [-0.1, -0.05) is 19.9 Å². The van der Waals surface area contributed by atoms with Gasteiger partial charge >= 0.3 is 0 Å². The molecule has 1 aliphatic heterocycles. The van der Waals surface area contributed by atoms with Crippen molar-refractivity contribution in [3.8, 4) is 5.75 Å². The van der Waals surface area contributed by atoms with Crippen LogP contribution < -0.4 is 10.1 Å². The Morgan fingerprint density at radius 1 is 1.21 bits per heavy atom. The van der Waals surface area contributed by atoms with E-state index in [1.165, 1.54) is 25.7 Å². The fourth-order valence-corrected chi connectivity index (χ4v) is 8.25. The third-order valence-corrected chi connectivity index (χ3v) is 10.0. The number of carbonyl (C=O) groups excluding carboxylic acids is 2. The van der Waals surface area contributed by atoms with Crippen molar-refractivity contribution in [1.82, 2.24) is 9.88 Å². The molecule has 33 heavy (non-hydrogen) atoms. The molecule has 1 aromatic rings. The van der Waals surface area contributed by atoms with Crippen molar-refractivity contribution in [1.29, 1.82) is 0 Å². The van der Waals surface area contributed by atoms with Crippen LogP contribution in [0, 0.1) is 34.5 Å². The van der Waals surface area contributed by atoms with Crippen LogP contribution in [0.1, 0.15) is 58.8 Å². The Kier molecular flexibility index (Phi) is 5.53. The number of methoxy groups -OCH3 is 1. The van der Waals surface area contributed by atoms with Gasteiger partial charge in [0.25, 0.3) is 0 Å². The number of carbonyl (C=O) groups is 2. The van der Waals surface area contributed by atoms with Crippen molar-refractivity contribution in [3.05, 3.63) is 30.6 Å². The lowest BCUT2D eigenvalue weighted by atomic mass is 9.47. The highest BCUT2D eigenvalue weighted by atomic mass is 16.5. The summed E-state index contributed by atoms with van der Waals surface area (Å²) < 4.78 is 5.34. The van der Waals surface area contributed by atoms with Gasteiger partial charge in [-0.3, -0.25) is 14.6 Å². The summed E-state index contributed by atoms with van der Waals surface area (Å²) in [5.74, 6) is 3.19. The van der Waals surface area contributed by atoms with E-state index in [0.717, 1.165) is 12.8 Å². The average molecular weight is 452 g/mol. The highest BCUT2D eigenvalue weighted by Crippen LogP contribution is 2.66. The zero-order valence-corrected chi connectivity index (χ0v) is 20.3. The first-order valence-corrected chi connectivity index (χ1v) is 12.5.